The Hall–Kier alpha value is -3.78. The molecule has 9 nitrogen and oxygen atoms in total. The van der Waals surface area contributed by atoms with Crippen LogP contribution in [0.3, 0.4) is 0 Å². The van der Waals surface area contributed by atoms with Gasteiger partial charge in [0, 0.05) is 44.4 Å². The van der Waals surface area contributed by atoms with Crippen molar-refractivity contribution in [3.05, 3.63) is 72.4 Å². The number of anilines is 2. The van der Waals surface area contributed by atoms with E-state index in [0.717, 1.165) is 11.8 Å². The predicted molar refractivity (Wildman–Crippen MR) is 132 cm³/mol. The average molecular weight is 557 g/mol. The summed E-state index contributed by atoms with van der Waals surface area (Å²) in [5, 5.41) is 0. The van der Waals surface area contributed by atoms with Crippen LogP contribution in [-0.4, -0.2) is 61.8 Å². The van der Waals surface area contributed by atoms with Crippen LogP contribution in [0.15, 0.2) is 66.0 Å². The molecule has 2 aromatic carbocycles. The van der Waals surface area contributed by atoms with Crippen LogP contribution in [0.2, 0.25) is 0 Å². The number of aromatic nitrogens is 2. The number of benzene rings is 2. The first kappa shape index (κ1) is 28.8. The second-order valence-corrected chi connectivity index (χ2v) is 9.02. The molecule has 0 saturated carbocycles. The summed E-state index contributed by atoms with van der Waals surface area (Å²) in [6, 6.07) is 10.2. The molecule has 3 aromatic rings. The SMILES string of the molecule is CC(Oc1ccc(F)c(C(F)(F)F)c1)C(=O)N1CCN(c2ccc(S(=O)[O-])cc2)CC1.Nc1ccncn1.[HH]. The molecule has 0 bridgehead atoms. The number of ether oxygens (including phenoxy) is 1. The van der Waals surface area contributed by atoms with Gasteiger partial charge in [-0.25, -0.2) is 14.4 Å². The molecule has 0 radical (unpaired) electrons. The van der Waals surface area contributed by atoms with E-state index in [1.54, 1.807) is 24.4 Å². The highest BCUT2D eigenvalue weighted by Crippen LogP contribution is 2.34. The normalized spacial score (nSPS) is 15.2. The van der Waals surface area contributed by atoms with Crippen molar-refractivity contribution in [2.45, 2.75) is 24.1 Å². The summed E-state index contributed by atoms with van der Waals surface area (Å²) in [7, 11) is 0. The lowest BCUT2D eigenvalue weighted by Crippen LogP contribution is -2.52. The molecule has 1 amide bonds. The van der Waals surface area contributed by atoms with Crippen LogP contribution in [0.4, 0.5) is 29.1 Å². The molecule has 1 aliphatic heterocycles. The zero-order valence-corrected chi connectivity index (χ0v) is 20.9. The minimum absolute atomic E-state index is 0. The molecule has 206 valence electrons. The van der Waals surface area contributed by atoms with Crippen LogP contribution in [-0.2, 0) is 22.1 Å². The fraction of sp³-hybridized carbons (Fsp3) is 0.292. The van der Waals surface area contributed by atoms with E-state index >= 15 is 0 Å². The molecule has 0 aliphatic carbocycles. The zero-order chi connectivity index (χ0) is 27.9. The highest BCUT2D eigenvalue weighted by Gasteiger charge is 2.35. The van der Waals surface area contributed by atoms with E-state index < -0.39 is 40.6 Å². The number of halogens is 4. The third kappa shape index (κ3) is 7.86. The van der Waals surface area contributed by atoms with Crippen molar-refractivity contribution >= 4 is 28.5 Å². The topological polar surface area (TPSA) is 125 Å². The summed E-state index contributed by atoms with van der Waals surface area (Å²) in [5.41, 5.74) is 4.57. The van der Waals surface area contributed by atoms with E-state index in [0.29, 0.717) is 44.1 Å². The van der Waals surface area contributed by atoms with Crippen molar-refractivity contribution in [3.8, 4) is 5.75 Å². The highest BCUT2D eigenvalue weighted by atomic mass is 32.2. The summed E-state index contributed by atoms with van der Waals surface area (Å²) in [4.78, 5) is 23.6. The van der Waals surface area contributed by atoms with Gasteiger partial charge in [0.05, 0.1) is 5.56 Å². The second-order valence-electron chi connectivity index (χ2n) is 8.07. The number of hydrogen-bond donors (Lipinski definition) is 1. The molecule has 2 atom stereocenters. The van der Waals surface area contributed by atoms with Gasteiger partial charge in [0.2, 0.25) is 0 Å². The summed E-state index contributed by atoms with van der Waals surface area (Å²) in [5.74, 6) is -1.54. The fourth-order valence-electron chi connectivity index (χ4n) is 3.56. The lowest BCUT2D eigenvalue weighted by Gasteiger charge is -2.37. The third-order valence-corrected chi connectivity index (χ3v) is 6.15. The lowest BCUT2D eigenvalue weighted by atomic mass is 10.2. The van der Waals surface area contributed by atoms with Crippen molar-refractivity contribution in [3.63, 3.8) is 0 Å². The molecule has 1 aromatic heterocycles. The van der Waals surface area contributed by atoms with Crippen LogP contribution >= 0.6 is 0 Å². The largest absolute Gasteiger partial charge is 0.768 e. The van der Waals surface area contributed by atoms with Crippen LogP contribution in [0.1, 0.15) is 13.9 Å². The molecule has 2 heterocycles. The average Bonchev–Trinajstić information content (AvgIpc) is 2.89. The molecule has 38 heavy (non-hydrogen) atoms. The van der Waals surface area contributed by atoms with E-state index in [9.17, 15) is 31.1 Å². The first-order chi connectivity index (χ1) is 18.0. The third-order valence-electron chi connectivity index (χ3n) is 5.49. The van der Waals surface area contributed by atoms with Crippen molar-refractivity contribution in [2.75, 3.05) is 36.8 Å². The first-order valence-electron chi connectivity index (χ1n) is 11.2. The number of alkyl halides is 3. The number of amides is 1. The number of carbonyl (C=O) groups excluding carboxylic acids is 1. The fourth-order valence-corrected chi connectivity index (χ4v) is 3.92. The number of rotatable bonds is 5. The van der Waals surface area contributed by atoms with Gasteiger partial charge >= 0.3 is 6.18 Å². The maximum Gasteiger partial charge on any atom is 0.419 e. The Balaban J connectivity index is 0.000000579. The molecule has 4 rings (SSSR count). The van der Waals surface area contributed by atoms with Crippen molar-refractivity contribution < 1.29 is 37.3 Å². The number of nitrogens with zero attached hydrogens (tertiary/aromatic N) is 4. The Bertz CT molecular complexity index is 1250. The first-order valence-corrected chi connectivity index (χ1v) is 12.3. The second kappa shape index (κ2) is 12.6. The zero-order valence-electron chi connectivity index (χ0n) is 20.1. The standard InChI is InChI=1S/C20H20F4N2O4S.C4H5N3.H2/c1-13(30-15-4-7-18(21)17(12-15)20(22,23)24)19(27)26-10-8-25(9-11-26)14-2-5-16(6-3-14)31(28)29;5-4-1-2-6-3-7-4;/h2-7,12-13H,8-11H2,1H3,(H,28,29);1-3H,(H2,5,6,7);1H/p-1. The van der Waals surface area contributed by atoms with Gasteiger partial charge in [-0.3, -0.25) is 9.00 Å². The number of hydrogen-bond acceptors (Lipinski definition) is 8. The maximum atomic E-state index is 13.4. The summed E-state index contributed by atoms with van der Waals surface area (Å²) in [6.45, 7) is 3.13. The number of nitrogens with two attached hydrogens (primary N) is 1. The molecule has 14 heteroatoms. The Morgan fingerprint density at radius 2 is 1.79 bits per heavy atom. The molecular weight excluding hydrogens is 530 g/mol. The Morgan fingerprint density at radius 1 is 1.13 bits per heavy atom. The summed E-state index contributed by atoms with van der Waals surface area (Å²) < 4.78 is 79.2. The van der Waals surface area contributed by atoms with Crippen LogP contribution in [0.5, 0.6) is 5.75 Å². The van der Waals surface area contributed by atoms with Crippen molar-refractivity contribution in [2.24, 2.45) is 0 Å². The minimum Gasteiger partial charge on any atom is -0.768 e. The number of nitrogen functional groups attached to an aromatic ring is 1. The maximum absolute atomic E-state index is 13.4. The summed E-state index contributed by atoms with van der Waals surface area (Å²) >= 11 is -2.30. The van der Waals surface area contributed by atoms with E-state index in [1.165, 1.54) is 30.3 Å². The van der Waals surface area contributed by atoms with Gasteiger partial charge in [0.15, 0.2) is 6.10 Å². The molecule has 1 aliphatic rings. The van der Waals surface area contributed by atoms with Crippen LogP contribution < -0.4 is 15.4 Å². The van der Waals surface area contributed by atoms with E-state index in [4.69, 9.17) is 10.5 Å². The quantitative estimate of drug-likeness (QED) is 0.374. The van der Waals surface area contributed by atoms with Crippen LogP contribution in [0, 0.1) is 5.82 Å². The lowest BCUT2D eigenvalue weighted by molar-refractivity contribution is -0.140. The van der Waals surface area contributed by atoms with E-state index in [1.807, 2.05) is 4.90 Å². The Kier molecular flexibility index (Phi) is 9.58. The van der Waals surface area contributed by atoms with Gasteiger partial charge in [0.25, 0.3) is 5.91 Å². The summed E-state index contributed by atoms with van der Waals surface area (Å²) in [6.07, 6.45) is -2.91. The van der Waals surface area contributed by atoms with Gasteiger partial charge in [-0.2, -0.15) is 13.2 Å². The highest BCUT2D eigenvalue weighted by molar-refractivity contribution is 7.79. The number of piperazine rings is 1. The minimum atomic E-state index is -4.87. The van der Waals surface area contributed by atoms with Gasteiger partial charge in [0.1, 0.15) is 23.7 Å². The van der Waals surface area contributed by atoms with Crippen LogP contribution in [0.25, 0.3) is 0 Å². The van der Waals surface area contributed by atoms with Gasteiger partial charge in [-0.05, 0) is 66.5 Å². The molecule has 1 fully saturated rings. The van der Waals surface area contributed by atoms with Crippen molar-refractivity contribution in [1.82, 2.24) is 14.9 Å². The molecule has 2 unspecified atom stereocenters. The van der Waals surface area contributed by atoms with E-state index in [2.05, 4.69) is 9.97 Å². The van der Waals surface area contributed by atoms with Gasteiger partial charge in [-0.1, -0.05) is 0 Å². The monoisotopic (exact) mass is 556 g/mol. The molecule has 1 saturated heterocycles. The van der Waals surface area contributed by atoms with Gasteiger partial charge in [-0.15, -0.1) is 0 Å². The smallest absolute Gasteiger partial charge is 0.419 e. The molecule has 2 N–H and O–H groups in total. The van der Waals surface area contributed by atoms with E-state index in [-0.39, 0.29) is 12.1 Å². The Labute approximate surface area is 220 Å². The predicted octanol–water partition coefficient (Wildman–Crippen LogP) is 3.50. The number of carbonyl (C=O) groups is 1. The molecular formula is C24H26F4N5O4S-. The van der Waals surface area contributed by atoms with Crippen molar-refractivity contribution in [1.29, 1.82) is 0 Å². The Morgan fingerprint density at radius 3 is 2.29 bits per heavy atom. The van der Waals surface area contributed by atoms with Gasteiger partial charge < -0.3 is 24.8 Å². The molecule has 0 spiro atoms.